The molecule has 0 saturated heterocycles. The molecule has 0 radical (unpaired) electrons. The van der Waals surface area contributed by atoms with Crippen LogP contribution < -0.4 is 5.32 Å². The van der Waals surface area contributed by atoms with Gasteiger partial charge in [-0.2, -0.15) is 4.98 Å². The van der Waals surface area contributed by atoms with Crippen molar-refractivity contribution >= 4 is 11.6 Å². The second-order valence-corrected chi connectivity index (χ2v) is 5.61. The fourth-order valence-electron chi connectivity index (χ4n) is 2.15. The quantitative estimate of drug-likeness (QED) is 0.753. The first-order valence-corrected chi connectivity index (χ1v) is 7.57. The van der Waals surface area contributed by atoms with E-state index in [1.807, 2.05) is 31.2 Å². The number of halogens is 2. The number of aromatic nitrogens is 2. The Kier molecular flexibility index (Phi) is 4.69. The van der Waals surface area contributed by atoms with Gasteiger partial charge in [0.2, 0.25) is 11.7 Å². The number of hydrogen-bond donors (Lipinski definition) is 1. The molecule has 0 fully saturated rings. The lowest BCUT2D eigenvalue weighted by Gasteiger charge is -2.12. The number of nitrogens with zero attached hydrogens (tertiary/aromatic N) is 2. The van der Waals surface area contributed by atoms with Crippen molar-refractivity contribution in [2.75, 3.05) is 0 Å². The Morgan fingerprint density at radius 1 is 1.13 bits per heavy atom. The highest BCUT2D eigenvalue weighted by Crippen LogP contribution is 2.18. The molecule has 1 atom stereocenters. The molecule has 2 aromatic carbocycles. The molecular formula is C17H15ClFN3O. The molecule has 3 aromatic rings. The van der Waals surface area contributed by atoms with E-state index in [-0.39, 0.29) is 11.9 Å². The molecule has 1 heterocycles. The number of nitrogens with one attached hydrogen (secondary N) is 1. The zero-order valence-electron chi connectivity index (χ0n) is 12.5. The molecule has 3 rings (SSSR count). The molecular weight excluding hydrogens is 317 g/mol. The summed E-state index contributed by atoms with van der Waals surface area (Å²) in [5.41, 5.74) is 1.83. The summed E-state index contributed by atoms with van der Waals surface area (Å²) in [6, 6.07) is 13.7. The van der Waals surface area contributed by atoms with Crippen LogP contribution in [0.4, 0.5) is 4.39 Å². The van der Waals surface area contributed by atoms with Gasteiger partial charge in [0.15, 0.2) is 0 Å². The van der Waals surface area contributed by atoms with Crippen LogP contribution in [0.25, 0.3) is 11.4 Å². The van der Waals surface area contributed by atoms with Crippen molar-refractivity contribution < 1.29 is 8.91 Å². The van der Waals surface area contributed by atoms with E-state index in [1.54, 1.807) is 12.1 Å². The lowest BCUT2D eigenvalue weighted by molar-refractivity contribution is 0.360. The van der Waals surface area contributed by atoms with Crippen molar-refractivity contribution in [2.45, 2.75) is 19.5 Å². The van der Waals surface area contributed by atoms with Crippen LogP contribution in [0.3, 0.4) is 0 Å². The maximum Gasteiger partial charge on any atom is 0.240 e. The van der Waals surface area contributed by atoms with E-state index >= 15 is 0 Å². The molecule has 0 amide bonds. The monoisotopic (exact) mass is 331 g/mol. The summed E-state index contributed by atoms with van der Waals surface area (Å²) in [5.74, 6) is 0.627. The highest BCUT2D eigenvalue weighted by atomic mass is 35.5. The zero-order chi connectivity index (χ0) is 16.2. The molecule has 23 heavy (non-hydrogen) atoms. The van der Waals surface area contributed by atoms with Gasteiger partial charge in [0.1, 0.15) is 5.82 Å². The minimum atomic E-state index is -0.295. The molecule has 118 valence electrons. The minimum Gasteiger partial charge on any atom is -0.338 e. The summed E-state index contributed by atoms with van der Waals surface area (Å²) in [4.78, 5) is 4.31. The molecule has 0 aliphatic carbocycles. The van der Waals surface area contributed by atoms with Gasteiger partial charge in [0.05, 0.1) is 6.54 Å². The van der Waals surface area contributed by atoms with Crippen molar-refractivity contribution in [3.63, 3.8) is 0 Å². The van der Waals surface area contributed by atoms with E-state index in [0.29, 0.717) is 28.8 Å². The van der Waals surface area contributed by atoms with Gasteiger partial charge in [-0.15, -0.1) is 0 Å². The van der Waals surface area contributed by atoms with Crippen molar-refractivity contribution in [1.29, 1.82) is 0 Å². The van der Waals surface area contributed by atoms with Crippen LogP contribution >= 0.6 is 11.6 Å². The first kappa shape index (κ1) is 15.6. The highest BCUT2D eigenvalue weighted by Gasteiger charge is 2.11. The molecule has 0 bridgehead atoms. The molecule has 0 saturated carbocycles. The Morgan fingerprint density at radius 2 is 1.83 bits per heavy atom. The summed E-state index contributed by atoms with van der Waals surface area (Å²) >= 11 is 5.88. The Bertz CT molecular complexity index is 771. The van der Waals surface area contributed by atoms with Crippen LogP contribution in [0, 0.1) is 5.82 Å². The predicted molar refractivity (Wildman–Crippen MR) is 86.4 cm³/mol. The van der Waals surface area contributed by atoms with Crippen molar-refractivity contribution in [3.05, 3.63) is 70.8 Å². The van der Waals surface area contributed by atoms with Crippen molar-refractivity contribution in [1.82, 2.24) is 15.5 Å². The fraction of sp³-hybridized carbons (Fsp3) is 0.176. The molecule has 0 unspecified atom stereocenters. The standard InChI is InChI=1S/C17H15ClFN3O/c1-11(12-2-6-14(18)7-3-12)20-10-16-21-17(22-23-16)13-4-8-15(19)9-5-13/h2-9,11,20H,10H2,1H3/t11-/m0/s1. The first-order chi connectivity index (χ1) is 11.1. The maximum atomic E-state index is 12.9. The third-order valence-corrected chi connectivity index (χ3v) is 3.75. The molecule has 0 aliphatic heterocycles. The Balaban J connectivity index is 1.63. The summed E-state index contributed by atoms with van der Waals surface area (Å²) in [6.07, 6.45) is 0. The highest BCUT2D eigenvalue weighted by molar-refractivity contribution is 6.30. The Hall–Kier alpha value is -2.24. The zero-order valence-corrected chi connectivity index (χ0v) is 13.2. The normalized spacial score (nSPS) is 12.3. The average molecular weight is 332 g/mol. The van der Waals surface area contributed by atoms with E-state index in [4.69, 9.17) is 16.1 Å². The fourth-order valence-corrected chi connectivity index (χ4v) is 2.28. The summed E-state index contributed by atoms with van der Waals surface area (Å²) in [5, 5.41) is 7.93. The first-order valence-electron chi connectivity index (χ1n) is 7.19. The van der Waals surface area contributed by atoms with E-state index in [0.717, 1.165) is 5.56 Å². The third-order valence-electron chi connectivity index (χ3n) is 3.50. The van der Waals surface area contributed by atoms with Gasteiger partial charge in [0.25, 0.3) is 0 Å². The SMILES string of the molecule is C[C@H](NCc1nc(-c2ccc(F)cc2)no1)c1ccc(Cl)cc1. The van der Waals surface area contributed by atoms with E-state index in [9.17, 15) is 4.39 Å². The average Bonchev–Trinajstić information content (AvgIpc) is 3.03. The van der Waals surface area contributed by atoms with Gasteiger partial charge in [-0.3, -0.25) is 0 Å². The predicted octanol–water partition coefficient (Wildman–Crippen LogP) is 4.38. The van der Waals surface area contributed by atoms with Crippen molar-refractivity contribution in [3.8, 4) is 11.4 Å². The largest absolute Gasteiger partial charge is 0.338 e. The molecule has 0 aliphatic rings. The number of rotatable bonds is 5. The Morgan fingerprint density at radius 3 is 2.52 bits per heavy atom. The van der Waals surface area contributed by atoms with Crippen LogP contribution in [-0.4, -0.2) is 10.1 Å². The molecule has 4 nitrogen and oxygen atoms in total. The lowest BCUT2D eigenvalue weighted by Crippen LogP contribution is -2.18. The molecule has 0 spiro atoms. The van der Waals surface area contributed by atoms with Crippen LogP contribution in [0.5, 0.6) is 0 Å². The van der Waals surface area contributed by atoms with E-state index in [2.05, 4.69) is 15.5 Å². The minimum absolute atomic E-state index is 0.119. The van der Waals surface area contributed by atoms with Crippen LogP contribution in [-0.2, 0) is 6.54 Å². The molecule has 6 heteroatoms. The number of hydrogen-bond acceptors (Lipinski definition) is 4. The lowest BCUT2D eigenvalue weighted by atomic mass is 10.1. The van der Waals surface area contributed by atoms with Gasteiger partial charge < -0.3 is 9.84 Å². The second-order valence-electron chi connectivity index (χ2n) is 5.17. The van der Waals surface area contributed by atoms with E-state index in [1.165, 1.54) is 12.1 Å². The smallest absolute Gasteiger partial charge is 0.240 e. The summed E-state index contributed by atoms with van der Waals surface area (Å²) in [7, 11) is 0. The maximum absolute atomic E-state index is 12.9. The van der Waals surface area contributed by atoms with Gasteiger partial charge in [0, 0.05) is 16.6 Å². The second kappa shape index (κ2) is 6.89. The van der Waals surface area contributed by atoms with Crippen molar-refractivity contribution in [2.24, 2.45) is 0 Å². The topological polar surface area (TPSA) is 51.0 Å². The Labute approximate surface area is 138 Å². The van der Waals surface area contributed by atoms with Gasteiger partial charge in [-0.25, -0.2) is 4.39 Å². The number of benzene rings is 2. The van der Waals surface area contributed by atoms with Gasteiger partial charge in [-0.1, -0.05) is 28.9 Å². The van der Waals surface area contributed by atoms with Gasteiger partial charge in [-0.05, 0) is 48.9 Å². The van der Waals surface area contributed by atoms with Crippen LogP contribution in [0.15, 0.2) is 53.1 Å². The van der Waals surface area contributed by atoms with Gasteiger partial charge >= 0.3 is 0 Å². The summed E-state index contributed by atoms with van der Waals surface area (Å²) in [6.45, 7) is 2.48. The van der Waals surface area contributed by atoms with Crippen LogP contribution in [0.1, 0.15) is 24.4 Å². The molecule has 1 N–H and O–H groups in total. The van der Waals surface area contributed by atoms with E-state index < -0.39 is 0 Å². The summed E-state index contributed by atoms with van der Waals surface area (Å²) < 4.78 is 18.1. The third kappa shape index (κ3) is 3.94. The van der Waals surface area contributed by atoms with Crippen LogP contribution in [0.2, 0.25) is 5.02 Å². The molecule has 1 aromatic heterocycles.